The van der Waals surface area contributed by atoms with Gasteiger partial charge in [-0.05, 0) is 46.3 Å². The second kappa shape index (κ2) is 6.58. The zero-order valence-corrected chi connectivity index (χ0v) is 12.4. The van der Waals surface area contributed by atoms with Crippen molar-refractivity contribution in [3.05, 3.63) is 52.4 Å². The molecule has 0 aliphatic carbocycles. The summed E-state index contributed by atoms with van der Waals surface area (Å²) in [6.07, 6.45) is 1.49. The van der Waals surface area contributed by atoms with Crippen LogP contribution < -0.4 is 10.1 Å². The number of hydrogen-bond donors (Lipinski definition) is 2. The van der Waals surface area contributed by atoms with Gasteiger partial charge in [-0.2, -0.15) is 0 Å². The Hall–Kier alpha value is -1.79. The number of hydrogen-bond acceptors (Lipinski definition) is 4. The van der Waals surface area contributed by atoms with E-state index >= 15 is 0 Å². The zero-order chi connectivity index (χ0) is 14.5. The Morgan fingerprint density at radius 3 is 2.90 bits per heavy atom. The summed E-state index contributed by atoms with van der Waals surface area (Å²) in [6, 6.07) is 7.91. The molecule has 2 rings (SSSR count). The van der Waals surface area contributed by atoms with Gasteiger partial charge in [0.15, 0.2) is 0 Å². The monoisotopic (exact) mass is 339 g/mol. The average Bonchev–Trinajstić information content (AvgIpc) is 2.99. The van der Waals surface area contributed by atoms with Crippen molar-refractivity contribution in [2.45, 2.75) is 6.04 Å². The maximum absolute atomic E-state index is 12.2. The number of halogens is 1. The Kier molecular flexibility index (Phi) is 4.81. The highest BCUT2D eigenvalue weighted by Crippen LogP contribution is 2.23. The zero-order valence-electron chi connectivity index (χ0n) is 10.8. The van der Waals surface area contributed by atoms with Crippen molar-refractivity contribution in [3.8, 4) is 5.75 Å². The van der Waals surface area contributed by atoms with Crippen molar-refractivity contribution in [1.82, 2.24) is 5.32 Å². The van der Waals surface area contributed by atoms with Gasteiger partial charge < -0.3 is 19.6 Å². The predicted molar refractivity (Wildman–Crippen MR) is 76.7 cm³/mol. The normalized spacial score (nSPS) is 11.9. The first-order valence-corrected chi connectivity index (χ1v) is 6.73. The highest BCUT2D eigenvalue weighted by molar-refractivity contribution is 9.10. The molecule has 1 aromatic carbocycles. The third kappa shape index (κ3) is 3.20. The van der Waals surface area contributed by atoms with Crippen LogP contribution in [-0.2, 0) is 0 Å². The standard InChI is InChI=1S/C14H14BrNO4/c1-19-9-4-5-11(15)10(7-9)14(18)16-12(8-17)13-3-2-6-20-13/h2-7,12,17H,8H2,1H3,(H,16,18). The fourth-order valence-electron chi connectivity index (χ4n) is 1.74. The summed E-state index contributed by atoms with van der Waals surface area (Å²) in [5, 5.41) is 12.1. The van der Waals surface area contributed by atoms with E-state index in [0.717, 1.165) is 0 Å². The lowest BCUT2D eigenvalue weighted by molar-refractivity contribution is 0.0906. The molecule has 1 heterocycles. The molecule has 0 bridgehead atoms. The molecule has 0 radical (unpaired) electrons. The molecule has 0 spiro atoms. The lowest BCUT2D eigenvalue weighted by Crippen LogP contribution is -2.30. The number of furan rings is 1. The van der Waals surface area contributed by atoms with Crippen molar-refractivity contribution >= 4 is 21.8 Å². The van der Waals surface area contributed by atoms with E-state index in [2.05, 4.69) is 21.2 Å². The Balaban J connectivity index is 2.19. The van der Waals surface area contributed by atoms with Crippen LogP contribution in [0.15, 0.2) is 45.5 Å². The largest absolute Gasteiger partial charge is 0.497 e. The van der Waals surface area contributed by atoms with Gasteiger partial charge in [0.25, 0.3) is 5.91 Å². The fraction of sp³-hybridized carbons (Fsp3) is 0.214. The van der Waals surface area contributed by atoms with E-state index in [1.165, 1.54) is 13.4 Å². The van der Waals surface area contributed by atoms with Crippen molar-refractivity contribution in [1.29, 1.82) is 0 Å². The number of ether oxygens (including phenoxy) is 1. The Labute approximate surface area is 124 Å². The average molecular weight is 340 g/mol. The number of aliphatic hydroxyl groups excluding tert-OH is 1. The number of benzene rings is 1. The molecule has 0 saturated carbocycles. The molecule has 0 saturated heterocycles. The molecular formula is C14H14BrNO4. The van der Waals surface area contributed by atoms with Crippen LogP contribution in [0.1, 0.15) is 22.2 Å². The van der Waals surface area contributed by atoms with Crippen LogP contribution >= 0.6 is 15.9 Å². The fourth-order valence-corrected chi connectivity index (χ4v) is 2.16. The molecule has 2 aromatic rings. The molecule has 1 amide bonds. The first-order chi connectivity index (χ1) is 9.65. The van der Waals surface area contributed by atoms with Gasteiger partial charge in [0.2, 0.25) is 0 Å². The van der Waals surface area contributed by atoms with E-state index in [-0.39, 0.29) is 12.5 Å². The molecule has 1 unspecified atom stereocenters. The number of methoxy groups -OCH3 is 1. The van der Waals surface area contributed by atoms with Gasteiger partial charge in [-0.1, -0.05) is 0 Å². The minimum absolute atomic E-state index is 0.249. The second-order valence-corrected chi connectivity index (χ2v) is 4.92. The van der Waals surface area contributed by atoms with Crippen molar-refractivity contribution in [3.63, 3.8) is 0 Å². The third-order valence-electron chi connectivity index (χ3n) is 2.79. The topological polar surface area (TPSA) is 71.7 Å². The summed E-state index contributed by atoms with van der Waals surface area (Å²) < 4.78 is 10.9. The quantitative estimate of drug-likeness (QED) is 0.877. The number of carbonyl (C=O) groups excluding carboxylic acids is 1. The van der Waals surface area contributed by atoms with Crippen LogP contribution in [0, 0.1) is 0 Å². The highest BCUT2D eigenvalue weighted by atomic mass is 79.9. The van der Waals surface area contributed by atoms with Gasteiger partial charge in [-0.3, -0.25) is 4.79 Å². The van der Waals surface area contributed by atoms with Crippen molar-refractivity contribution in [2.24, 2.45) is 0 Å². The Morgan fingerprint density at radius 2 is 2.30 bits per heavy atom. The predicted octanol–water partition coefficient (Wildman–Crippen LogP) is 2.51. The molecule has 0 aliphatic rings. The molecular weight excluding hydrogens is 326 g/mol. The molecule has 0 aliphatic heterocycles. The van der Waals surface area contributed by atoms with Crippen molar-refractivity contribution in [2.75, 3.05) is 13.7 Å². The molecule has 6 heteroatoms. The number of nitrogens with one attached hydrogen (secondary N) is 1. The van der Waals surface area contributed by atoms with Crippen LogP contribution in [0.3, 0.4) is 0 Å². The van der Waals surface area contributed by atoms with E-state index in [9.17, 15) is 9.90 Å². The van der Waals surface area contributed by atoms with Gasteiger partial charge in [0.1, 0.15) is 17.6 Å². The molecule has 2 N–H and O–H groups in total. The summed E-state index contributed by atoms with van der Waals surface area (Å²) >= 11 is 3.32. The molecule has 0 fully saturated rings. The van der Waals surface area contributed by atoms with Gasteiger partial charge >= 0.3 is 0 Å². The number of aliphatic hydroxyl groups is 1. The molecule has 1 aromatic heterocycles. The van der Waals surface area contributed by atoms with E-state index in [0.29, 0.717) is 21.5 Å². The van der Waals surface area contributed by atoms with E-state index in [1.54, 1.807) is 30.3 Å². The summed E-state index contributed by atoms with van der Waals surface area (Å²) in [7, 11) is 1.53. The summed E-state index contributed by atoms with van der Waals surface area (Å²) in [6.45, 7) is -0.249. The van der Waals surface area contributed by atoms with Crippen LogP contribution in [0.5, 0.6) is 5.75 Å². The Morgan fingerprint density at radius 1 is 1.50 bits per heavy atom. The summed E-state index contributed by atoms with van der Waals surface area (Å²) in [5.74, 6) is 0.753. The van der Waals surface area contributed by atoms with E-state index in [1.807, 2.05) is 0 Å². The molecule has 1 atom stereocenters. The number of amides is 1. The summed E-state index contributed by atoms with van der Waals surface area (Å²) in [4.78, 5) is 12.2. The van der Waals surface area contributed by atoms with Gasteiger partial charge in [-0.15, -0.1) is 0 Å². The molecule has 106 valence electrons. The maximum Gasteiger partial charge on any atom is 0.253 e. The lowest BCUT2D eigenvalue weighted by atomic mass is 10.1. The smallest absolute Gasteiger partial charge is 0.253 e. The SMILES string of the molecule is COc1ccc(Br)c(C(=O)NC(CO)c2ccco2)c1. The first kappa shape index (κ1) is 14.6. The lowest BCUT2D eigenvalue weighted by Gasteiger charge is -2.15. The van der Waals surface area contributed by atoms with Gasteiger partial charge in [-0.25, -0.2) is 0 Å². The second-order valence-electron chi connectivity index (χ2n) is 4.07. The highest BCUT2D eigenvalue weighted by Gasteiger charge is 2.19. The Bertz CT molecular complexity index is 583. The van der Waals surface area contributed by atoms with Gasteiger partial charge in [0.05, 0.1) is 25.5 Å². The van der Waals surface area contributed by atoms with E-state index in [4.69, 9.17) is 9.15 Å². The van der Waals surface area contributed by atoms with Crippen LogP contribution in [-0.4, -0.2) is 24.7 Å². The molecule has 20 heavy (non-hydrogen) atoms. The van der Waals surface area contributed by atoms with Crippen LogP contribution in [0.25, 0.3) is 0 Å². The number of rotatable bonds is 5. The van der Waals surface area contributed by atoms with Crippen LogP contribution in [0.2, 0.25) is 0 Å². The maximum atomic E-state index is 12.2. The summed E-state index contributed by atoms with van der Waals surface area (Å²) in [5.41, 5.74) is 0.425. The molecule has 5 nitrogen and oxygen atoms in total. The van der Waals surface area contributed by atoms with E-state index < -0.39 is 6.04 Å². The first-order valence-electron chi connectivity index (χ1n) is 5.94. The number of carbonyl (C=O) groups is 1. The minimum Gasteiger partial charge on any atom is -0.497 e. The van der Waals surface area contributed by atoms with Crippen molar-refractivity contribution < 1.29 is 19.1 Å². The third-order valence-corrected chi connectivity index (χ3v) is 3.48. The minimum atomic E-state index is -0.587. The van der Waals surface area contributed by atoms with Gasteiger partial charge in [0, 0.05) is 4.47 Å². The van der Waals surface area contributed by atoms with Crippen LogP contribution in [0.4, 0.5) is 0 Å².